The van der Waals surface area contributed by atoms with Crippen LogP contribution in [0.1, 0.15) is 33.3 Å². The molecule has 1 aliphatic heterocycles. The van der Waals surface area contributed by atoms with Crippen molar-refractivity contribution in [2.24, 2.45) is 10.8 Å². The van der Waals surface area contributed by atoms with Crippen molar-refractivity contribution < 1.29 is 17.9 Å². The first-order valence-electron chi connectivity index (χ1n) is 6.68. The lowest BCUT2D eigenvalue weighted by atomic mass is 9.88. The number of hydrogen-bond donors (Lipinski definition) is 1. The summed E-state index contributed by atoms with van der Waals surface area (Å²) in [6.45, 7) is 9.32. The van der Waals surface area contributed by atoms with E-state index in [2.05, 4.69) is 37.7 Å². The fraction of sp³-hybridized carbons (Fsp3) is 0.600. The minimum Gasteiger partial charge on any atom is -0.404 e. The van der Waals surface area contributed by atoms with Gasteiger partial charge in [0, 0.05) is 12.0 Å². The Morgan fingerprint density at radius 3 is 2.20 bits per heavy atom. The van der Waals surface area contributed by atoms with Crippen molar-refractivity contribution in [1.82, 2.24) is 0 Å². The van der Waals surface area contributed by atoms with Crippen LogP contribution in [0.3, 0.4) is 0 Å². The monoisotopic (exact) mass is 285 g/mol. The predicted molar refractivity (Wildman–Crippen MR) is 70.9 cm³/mol. The molecule has 0 atom stereocenters. The molecule has 110 valence electrons. The highest BCUT2D eigenvalue weighted by Crippen LogP contribution is 2.80. The highest BCUT2D eigenvalue weighted by Gasteiger charge is 2.79. The topological polar surface area (TPSA) is 21.3 Å². The lowest BCUT2D eigenvalue weighted by molar-refractivity contribution is -0.274. The van der Waals surface area contributed by atoms with Crippen LogP contribution in [-0.4, -0.2) is 12.9 Å². The molecule has 1 fully saturated rings. The molecule has 1 aliphatic carbocycles. The second kappa shape index (κ2) is 3.43. The molecule has 0 radical (unpaired) electrons. The van der Waals surface area contributed by atoms with Crippen LogP contribution in [0.5, 0.6) is 5.75 Å². The number of nitrogens with one attached hydrogen (secondary N) is 1. The van der Waals surface area contributed by atoms with Crippen LogP contribution >= 0.6 is 0 Å². The van der Waals surface area contributed by atoms with Crippen molar-refractivity contribution in [3.05, 3.63) is 23.8 Å². The maximum absolute atomic E-state index is 12.5. The number of anilines is 1. The molecule has 1 saturated carbocycles. The molecule has 5 heteroatoms. The Morgan fingerprint density at radius 2 is 1.70 bits per heavy atom. The van der Waals surface area contributed by atoms with Crippen molar-refractivity contribution in [3.8, 4) is 5.75 Å². The number of benzene rings is 1. The Labute approximate surface area is 116 Å². The molecule has 0 aromatic heterocycles. The summed E-state index contributed by atoms with van der Waals surface area (Å²) >= 11 is 0. The standard InChI is InChI=1S/C15H18F3NO/c1-12(2)13(3,4)14(12)8-19-11-9(14)6-5-7-10(11)20-15(16,17)18/h5-7,19H,8H2,1-4H3. The van der Waals surface area contributed by atoms with Gasteiger partial charge >= 0.3 is 6.36 Å². The molecule has 3 rings (SSSR count). The van der Waals surface area contributed by atoms with Crippen LogP contribution in [0.2, 0.25) is 0 Å². The van der Waals surface area contributed by atoms with Gasteiger partial charge in [-0.2, -0.15) is 0 Å². The van der Waals surface area contributed by atoms with Crippen LogP contribution in [0, 0.1) is 10.8 Å². The average molecular weight is 285 g/mol. The number of para-hydroxylation sites is 1. The largest absolute Gasteiger partial charge is 0.573 e. The second-order valence-electron chi connectivity index (χ2n) is 6.74. The van der Waals surface area contributed by atoms with Gasteiger partial charge in [0.1, 0.15) is 0 Å². The molecule has 1 aromatic rings. The lowest BCUT2D eigenvalue weighted by Gasteiger charge is -2.16. The summed E-state index contributed by atoms with van der Waals surface area (Å²) < 4.78 is 41.6. The normalized spacial score (nSPS) is 24.1. The van der Waals surface area contributed by atoms with Crippen LogP contribution in [0.15, 0.2) is 18.2 Å². The SMILES string of the molecule is CC1(C)C(C)(C)C12CNc1c(OC(F)(F)F)cccc12. The van der Waals surface area contributed by atoms with Gasteiger partial charge in [-0.25, -0.2) is 0 Å². The third-order valence-electron chi connectivity index (χ3n) is 5.88. The molecule has 2 nitrogen and oxygen atoms in total. The van der Waals surface area contributed by atoms with E-state index in [1.165, 1.54) is 6.07 Å². The van der Waals surface area contributed by atoms with E-state index in [1.807, 2.05) is 6.07 Å². The molecule has 0 amide bonds. The Kier molecular flexibility index (Phi) is 2.33. The third-order valence-corrected chi connectivity index (χ3v) is 5.88. The average Bonchev–Trinajstić information content (AvgIpc) is 2.64. The van der Waals surface area contributed by atoms with Gasteiger partial charge in [-0.15, -0.1) is 13.2 Å². The maximum Gasteiger partial charge on any atom is 0.573 e. The minimum atomic E-state index is -4.67. The Hall–Kier alpha value is -1.39. The van der Waals surface area contributed by atoms with Crippen LogP contribution < -0.4 is 10.1 Å². The molecular formula is C15H18F3NO. The summed E-state index contributed by atoms with van der Waals surface area (Å²) in [5.41, 5.74) is 1.38. The highest BCUT2D eigenvalue weighted by atomic mass is 19.4. The molecule has 1 heterocycles. The molecule has 0 bridgehead atoms. The van der Waals surface area contributed by atoms with Crippen LogP contribution in [0.25, 0.3) is 0 Å². The zero-order chi connectivity index (χ0) is 15.0. The fourth-order valence-electron chi connectivity index (χ4n) is 4.14. The quantitative estimate of drug-likeness (QED) is 0.830. The van der Waals surface area contributed by atoms with E-state index in [4.69, 9.17) is 0 Å². The summed E-state index contributed by atoms with van der Waals surface area (Å²) in [5, 5.41) is 3.13. The Balaban J connectivity index is 2.08. The Morgan fingerprint density at radius 1 is 1.10 bits per heavy atom. The first-order chi connectivity index (χ1) is 9.05. The van der Waals surface area contributed by atoms with E-state index in [9.17, 15) is 13.2 Å². The van der Waals surface area contributed by atoms with Gasteiger partial charge in [0.15, 0.2) is 5.75 Å². The van der Waals surface area contributed by atoms with Crippen molar-refractivity contribution in [3.63, 3.8) is 0 Å². The van der Waals surface area contributed by atoms with Gasteiger partial charge < -0.3 is 10.1 Å². The van der Waals surface area contributed by atoms with Crippen molar-refractivity contribution in [2.45, 2.75) is 39.5 Å². The van der Waals surface area contributed by atoms with E-state index < -0.39 is 6.36 Å². The lowest BCUT2D eigenvalue weighted by Crippen LogP contribution is -2.18. The zero-order valence-corrected chi connectivity index (χ0v) is 12.0. The predicted octanol–water partition coefficient (Wildman–Crippen LogP) is 4.31. The minimum absolute atomic E-state index is 0.0368. The first kappa shape index (κ1) is 13.6. The molecule has 1 spiro atoms. The van der Waals surface area contributed by atoms with Crippen molar-refractivity contribution in [1.29, 1.82) is 0 Å². The van der Waals surface area contributed by atoms with Gasteiger partial charge in [-0.05, 0) is 22.5 Å². The molecular weight excluding hydrogens is 267 g/mol. The fourth-order valence-corrected chi connectivity index (χ4v) is 4.14. The third kappa shape index (κ3) is 1.36. The van der Waals surface area contributed by atoms with E-state index in [-0.39, 0.29) is 22.0 Å². The van der Waals surface area contributed by atoms with Gasteiger partial charge in [-0.3, -0.25) is 0 Å². The number of alkyl halides is 3. The summed E-state index contributed by atoms with van der Waals surface area (Å²) in [5.74, 6) is -0.134. The summed E-state index contributed by atoms with van der Waals surface area (Å²) in [4.78, 5) is 0. The summed E-state index contributed by atoms with van der Waals surface area (Å²) in [6, 6.07) is 4.91. The van der Waals surface area contributed by atoms with Crippen molar-refractivity contribution >= 4 is 5.69 Å². The maximum atomic E-state index is 12.5. The number of ether oxygens (including phenoxy) is 1. The molecule has 1 aromatic carbocycles. The number of halogens is 3. The summed E-state index contributed by atoms with van der Waals surface area (Å²) in [7, 11) is 0. The van der Waals surface area contributed by atoms with Crippen LogP contribution in [0.4, 0.5) is 18.9 Å². The summed E-state index contributed by atoms with van der Waals surface area (Å²) in [6.07, 6.45) is -4.67. The van der Waals surface area contributed by atoms with Gasteiger partial charge in [0.05, 0.1) is 5.69 Å². The molecule has 2 aliphatic rings. The van der Waals surface area contributed by atoms with E-state index in [0.29, 0.717) is 12.2 Å². The smallest absolute Gasteiger partial charge is 0.404 e. The molecule has 0 unspecified atom stereocenters. The van der Waals surface area contributed by atoms with Gasteiger partial charge in [0.25, 0.3) is 0 Å². The first-order valence-corrected chi connectivity index (χ1v) is 6.68. The Bertz CT molecular complexity index is 561. The van der Waals surface area contributed by atoms with Gasteiger partial charge in [-0.1, -0.05) is 39.8 Å². The zero-order valence-electron chi connectivity index (χ0n) is 12.0. The van der Waals surface area contributed by atoms with Gasteiger partial charge in [0.2, 0.25) is 0 Å². The number of fused-ring (bicyclic) bond motifs is 2. The number of hydrogen-bond acceptors (Lipinski definition) is 2. The molecule has 0 saturated heterocycles. The molecule has 1 N–H and O–H groups in total. The second-order valence-corrected chi connectivity index (χ2v) is 6.74. The van der Waals surface area contributed by atoms with E-state index >= 15 is 0 Å². The number of rotatable bonds is 1. The van der Waals surface area contributed by atoms with E-state index in [0.717, 1.165) is 5.56 Å². The van der Waals surface area contributed by atoms with Crippen LogP contribution in [-0.2, 0) is 5.41 Å². The highest BCUT2D eigenvalue weighted by molar-refractivity contribution is 5.73. The van der Waals surface area contributed by atoms with Crippen molar-refractivity contribution in [2.75, 3.05) is 11.9 Å². The van der Waals surface area contributed by atoms with E-state index in [1.54, 1.807) is 6.07 Å². The molecule has 20 heavy (non-hydrogen) atoms.